The summed E-state index contributed by atoms with van der Waals surface area (Å²) in [6, 6.07) is 0.387. The summed E-state index contributed by atoms with van der Waals surface area (Å²) in [7, 11) is 0. The second-order valence-corrected chi connectivity index (χ2v) is 5.55. The molecule has 0 bridgehead atoms. The average Bonchev–Trinajstić information content (AvgIpc) is 2.97. The molecule has 1 atom stereocenters. The summed E-state index contributed by atoms with van der Waals surface area (Å²) in [6.45, 7) is 6.72. The minimum atomic E-state index is -0.581. The third-order valence-electron chi connectivity index (χ3n) is 2.32. The molecule has 1 aliphatic rings. The number of hydrogen-bond donors (Lipinski definition) is 3. The van der Waals surface area contributed by atoms with Gasteiger partial charge in [0.15, 0.2) is 0 Å². The Kier molecular flexibility index (Phi) is 5.36. The van der Waals surface area contributed by atoms with Gasteiger partial charge in [-0.3, -0.25) is 4.79 Å². The fourth-order valence-electron chi connectivity index (χ4n) is 1.26. The highest BCUT2D eigenvalue weighted by atomic mass is 16.5. The predicted molar refractivity (Wildman–Crippen MR) is 65.7 cm³/mol. The third kappa shape index (κ3) is 8.12. The summed E-state index contributed by atoms with van der Waals surface area (Å²) in [5.41, 5.74) is -0.246. The molecule has 5 heteroatoms. The summed E-state index contributed by atoms with van der Waals surface area (Å²) in [6.07, 6.45) is 1.60. The molecule has 1 unspecified atom stereocenters. The van der Waals surface area contributed by atoms with Gasteiger partial charge in [-0.05, 0) is 33.6 Å². The van der Waals surface area contributed by atoms with Crippen molar-refractivity contribution in [2.45, 2.75) is 51.4 Å². The fraction of sp³-hybridized carbons (Fsp3) is 0.917. The van der Waals surface area contributed by atoms with E-state index in [1.807, 2.05) is 20.8 Å². The molecule has 17 heavy (non-hydrogen) atoms. The van der Waals surface area contributed by atoms with Crippen molar-refractivity contribution < 1.29 is 14.6 Å². The SMILES string of the molecule is CC(C)(C)OCC(O)CNCC(=O)NC1CC1. The standard InChI is InChI=1S/C12H24N2O3/c1-12(2,3)17-8-10(15)6-13-7-11(16)14-9-4-5-9/h9-10,13,15H,4-8H2,1-3H3,(H,14,16). The zero-order valence-corrected chi connectivity index (χ0v) is 11.0. The van der Waals surface area contributed by atoms with Crippen LogP contribution < -0.4 is 10.6 Å². The largest absolute Gasteiger partial charge is 0.389 e. The smallest absolute Gasteiger partial charge is 0.234 e. The Labute approximate surface area is 103 Å². The van der Waals surface area contributed by atoms with Gasteiger partial charge in [-0.1, -0.05) is 0 Å². The number of amides is 1. The van der Waals surface area contributed by atoms with E-state index in [-0.39, 0.29) is 24.7 Å². The van der Waals surface area contributed by atoms with Gasteiger partial charge in [-0.2, -0.15) is 0 Å². The predicted octanol–water partition coefficient (Wildman–Crippen LogP) is 0.0306. The van der Waals surface area contributed by atoms with Crippen LogP contribution in [-0.4, -0.2) is 48.5 Å². The van der Waals surface area contributed by atoms with E-state index in [1.165, 1.54) is 0 Å². The van der Waals surface area contributed by atoms with Crippen LogP contribution in [0.1, 0.15) is 33.6 Å². The van der Waals surface area contributed by atoms with Crippen LogP contribution >= 0.6 is 0 Å². The molecule has 1 aliphatic carbocycles. The van der Waals surface area contributed by atoms with E-state index in [0.29, 0.717) is 12.6 Å². The van der Waals surface area contributed by atoms with Crippen LogP contribution in [0.25, 0.3) is 0 Å². The second-order valence-electron chi connectivity index (χ2n) is 5.55. The number of hydrogen-bond acceptors (Lipinski definition) is 4. The van der Waals surface area contributed by atoms with Crippen molar-refractivity contribution in [1.82, 2.24) is 10.6 Å². The van der Waals surface area contributed by atoms with Gasteiger partial charge in [0.05, 0.1) is 24.9 Å². The Morgan fingerprint density at radius 1 is 1.47 bits per heavy atom. The molecule has 5 nitrogen and oxygen atoms in total. The highest BCUT2D eigenvalue weighted by molar-refractivity contribution is 5.78. The number of rotatable bonds is 7. The van der Waals surface area contributed by atoms with Gasteiger partial charge in [0.2, 0.25) is 5.91 Å². The van der Waals surface area contributed by atoms with Crippen molar-refractivity contribution in [3.05, 3.63) is 0 Å². The van der Waals surface area contributed by atoms with Gasteiger partial charge in [0.25, 0.3) is 0 Å². The highest BCUT2D eigenvalue weighted by Gasteiger charge is 2.22. The maximum Gasteiger partial charge on any atom is 0.234 e. The molecule has 0 spiro atoms. The van der Waals surface area contributed by atoms with Crippen LogP contribution in [0.5, 0.6) is 0 Å². The van der Waals surface area contributed by atoms with E-state index in [2.05, 4.69) is 10.6 Å². The molecule has 1 fully saturated rings. The van der Waals surface area contributed by atoms with Gasteiger partial charge in [0, 0.05) is 12.6 Å². The summed E-state index contributed by atoms with van der Waals surface area (Å²) >= 11 is 0. The first-order valence-electron chi connectivity index (χ1n) is 6.19. The molecule has 1 amide bonds. The van der Waals surface area contributed by atoms with Crippen molar-refractivity contribution in [3.8, 4) is 0 Å². The lowest BCUT2D eigenvalue weighted by Crippen LogP contribution is -2.40. The third-order valence-corrected chi connectivity index (χ3v) is 2.32. The lowest BCUT2D eigenvalue weighted by atomic mass is 10.2. The number of carbonyl (C=O) groups is 1. The quantitative estimate of drug-likeness (QED) is 0.591. The van der Waals surface area contributed by atoms with Crippen LogP contribution in [0.2, 0.25) is 0 Å². The maximum absolute atomic E-state index is 11.3. The van der Waals surface area contributed by atoms with E-state index >= 15 is 0 Å². The first kappa shape index (κ1) is 14.4. The van der Waals surface area contributed by atoms with Crippen molar-refractivity contribution in [2.75, 3.05) is 19.7 Å². The van der Waals surface area contributed by atoms with Gasteiger partial charge in [-0.25, -0.2) is 0 Å². The molecule has 0 aromatic rings. The average molecular weight is 244 g/mol. The zero-order valence-electron chi connectivity index (χ0n) is 11.0. The highest BCUT2D eigenvalue weighted by Crippen LogP contribution is 2.18. The molecule has 0 radical (unpaired) electrons. The minimum absolute atomic E-state index is 0.00330. The molecule has 0 saturated heterocycles. The van der Waals surface area contributed by atoms with Gasteiger partial charge in [0.1, 0.15) is 0 Å². The van der Waals surface area contributed by atoms with E-state index in [0.717, 1.165) is 12.8 Å². The molecular weight excluding hydrogens is 220 g/mol. The molecule has 0 aliphatic heterocycles. The number of aliphatic hydroxyl groups excluding tert-OH is 1. The Balaban J connectivity index is 1.98. The minimum Gasteiger partial charge on any atom is -0.389 e. The summed E-state index contributed by atoms with van der Waals surface area (Å²) in [5.74, 6) is -0.00330. The molecular formula is C12H24N2O3. The molecule has 1 saturated carbocycles. The molecule has 0 aromatic heterocycles. The van der Waals surface area contributed by atoms with Crippen LogP contribution in [0.3, 0.4) is 0 Å². The molecule has 1 rings (SSSR count). The number of aliphatic hydroxyl groups is 1. The van der Waals surface area contributed by atoms with Crippen LogP contribution in [0.4, 0.5) is 0 Å². The lowest BCUT2D eigenvalue weighted by molar-refractivity contribution is -0.120. The summed E-state index contributed by atoms with van der Waals surface area (Å²) < 4.78 is 5.43. The molecule has 0 aromatic carbocycles. The number of nitrogens with one attached hydrogen (secondary N) is 2. The normalized spacial score (nSPS) is 17.9. The van der Waals surface area contributed by atoms with E-state index in [9.17, 15) is 9.90 Å². The van der Waals surface area contributed by atoms with E-state index in [1.54, 1.807) is 0 Å². The Morgan fingerprint density at radius 3 is 2.65 bits per heavy atom. The maximum atomic E-state index is 11.3. The van der Waals surface area contributed by atoms with E-state index < -0.39 is 6.10 Å². The van der Waals surface area contributed by atoms with Crippen molar-refractivity contribution >= 4 is 5.91 Å². The topological polar surface area (TPSA) is 70.6 Å². The fourth-order valence-corrected chi connectivity index (χ4v) is 1.26. The Bertz CT molecular complexity index is 247. The number of carbonyl (C=O) groups excluding carboxylic acids is 1. The summed E-state index contributed by atoms with van der Waals surface area (Å²) in [4.78, 5) is 11.3. The zero-order chi connectivity index (χ0) is 12.9. The Hall–Kier alpha value is -0.650. The van der Waals surface area contributed by atoms with Gasteiger partial charge >= 0.3 is 0 Å². The molecule has 0 heterocycles. The van der Waals surface area contributed by atoms with Crippen LogP contribution in [0.15, 0.2) is 0 Å². The lowest BCUT2D eigenvalue weighted by Gasteiger charge is -2.22. The monoisotopic (exact) mass is 244 g/mol. The van der Waals surface area contributed by atoms with E-state index in [4.69, 9.17) is 4.74 Å². The summed E-state index contributed by atoms with van der Waals surface area (Å²) in [5, 5.41) is 15.4. The Morgan fingerprint density at radius 2 is 2.12 bits per heavy atom. The first-order valence-corrected chi connectivity index (χ1v) is 6.19. The van der Waals surface area contributed by atoms with Crippen molar-refractivity contribution in [3.63, 3.8) is 0 Å². The molecule has 3 N–H and O–H groups in total. The van der Waals surface area contributed by atoms with Crippen LogP contribution in [0, 0.1) is 0 Å². The van der Waals surface area contributed by atoms with Crippen LogP contribution in [-0.2, 0) is 9.53 Å². The number of ether oxygens (including phenoxy) is 1. The van der Waals surface area contributed by atoms with Crippen molar-refractivity contribution in [1.29, 1.82) is 0 Å². The molecule has 100 valence electrons. The first-order chi connectivity index (χ1) is 7.87. The van der Waals surface area contributed by atoms with Gasteiger partial charge in [-0.15, -0.1) is 0 Å². The van der Waals surface area contributed by atoms with Crippen molar-refractivity contribution in [2.24, 2.45) is 0 Å². The van der Waals surface area contributed by atoms with Gasteiger partial charge < -0.3 is 20.5 Å². The second kappa shape index (κ2) is 6.33.